The fraction of sp³-hybridized carbons (Fsp3) is 0.667. The molecule has 0 heterocycles. The van der Waals surface area contributed by atoms with Gasteiger partial charge in [0, 0.05) is 20.9 Å². The molecule has 0 amide bonds. The fourth-order valence-corrected chi connectivity index (χ4v) is 2.44. The van der Waals surface area contributed by atoms with Crippen molar-refractivity contribution in [2.45, 2.75) is 38.5 Å². The second kappa shape index (κ2) is 6.03. The quantitative estimate of drug-likeness (QED) is 0.333. The molecule has 1 saturated carbocycles. The van der Waals surface area contributed by atoms with Crippen LogP contribution in [0.15, 0.2) is 0 Å². The zero-order chi connectivity index (χ0) is 14.6. The molecule has 0 aromatic carbocycles. The van der Waals surface area contributed by atoms with Crippen LogP contribution in [0, 0.1) is 5.92 Å². The summed E-state index contributed by atoms with van der Waals surface area (Å²) < 4.78 is 5.11. The van der Waals surface area contributed by atoms with Crippen LogP contribution in [0.4, 0.5) is 0 Å². The first-order chi connectivity index (χ1) is 8.74. The van der Waals surface area contributed by atoms with Crippen molar-refractivity contribution in [2.24, 2.45) is 5.92 Å². The predicted molar refractivity (Wildman–Crippen MR) is 70.5 cm³/mol. The van der Waals surface area contributed by atoms with E-state index < -0.39 is 37.2 Å². The molecule has 1 aliphatic rings. The van der Waals surface area contributed by atoms with Gasteiger partial charge in [0.1, 0.15) is 0 Å². The minimum atomic E-state index is -1.28. The van der Waals surface area contributed by atoms with Gasteiger partial charge in [-0.05, 0) is 6.04 Å². The molecule has 0 spiro atoms. The Labute approximate surface area is 112 Å². The Morgan fingerprint density at radius 2 is 1.84 bits per heavy atom. The molecule has 19 heavy (non-hydrogen) atoms. The van der Waals surface area contributed by atoms with Gasteiger partial charge >= 0.3 is 11.7 Å². The normalized spacial score (nSPS) is 20.2. The number of esters is 1. The number of carbonyl (C=O) groups excluding carboxylic acids is 3. The van der Waals surface area contributed by atoms with Crippen molar-refractivity contribution < 1.29 is 23.9 Å². The number of Topliss-reactive ketones (excluding diaryl/α,β-unsaturated/α-hetero) is 2. The summed E-state index contributed by atoms with van der Waals surface area (Å²) >= 11 is 0. The molecule has 7 heteroatoms. The molecular formula is C12H18N2O4Si. The lowest BCUT2D eigenvalue weighted by molar-refractivity contribution is -0.152. The van der Waals surface area contributed by atoms with Crippen molar-refractivity contribution >= 4 is 31.3 Å². The van der Waals surface area contributed by atoms with Crippen molar-refractivity contribution in [3.05, 3.63) is 5.53 Å². The lowest BCUT2D eigenvalue weighted by Gasteiger charge is -2.19. The first-order valence-electron chi connectivity index (χ1n) is 6.19. The maximum absolute atomic E-state index is 11.8. The zero-order valence-electron chi connectivity index (χ0n) is 11.4. The summed E-state index contributed by atoms with van der Waals surface area (Å²) in [5.74, 6) is -2.47. The molecule has 0 atom stereocenters. The van der Waals surface area contributed by atoms with Gasteiger partial charge in [0.25, 0.3) is 0 Å². The lowest BCUT2D eigenvalue weighted by Crippen LogP contribution is -2.38. The highest BCUT2D eigenvalue weighted by Crippen LogP contribution is 2.19. The third-order valence-electron chi connectivity index (χ3n) is 2.92. The zero-order valence-corrected chi connectivity index (χ0v) is 12.4. The summed E-state index contributed by atoms with van der Waals surface area (Å²) in [5.41, 5.74) is 8.06. The predicted octanol–water partition coefficient (Wildman–Crippen LogP) is 1.09. The fourth-order valence-electron chi connectivity index (χ4n) is 1.72. The van der Waals surface area contributed by atoms with Crippen molar-refractivity contribution in [3.8, 4) is 0 Å². The number of rotatable bonds is 4. The van der Waals surface area contributed by atoms with Crippen LogP contribution in [0.2, 0.25) is 25.7 Å². The van der Waals surface area contributed by atoms with Crippen molar-refractivity contribution in [2.75, 3.05) is 6.61 Å². The van der Waals surface area contributed by atoms with E-state index in [1.54, 1.807) is 0 Å². The van der Waals surface area contributed by atoms with Gasteiger partial charge in [-0.3, -0.25) is 14.4 Å². The van der Waals surface area contributed by atoms with Crippen LogP contribution in [0.25, 0.3) is 5.53 Å². The summed E-state index contributed by atoms with van der Waals surface area (Å²) in [4.78, 5) is 37.4. The lowest BCUT2D eigenvalue weighted by atomic mass is 9.86. The highest BCUT2D eigenvalue weighted by atomic mass is 28.3. The summed E-state index contributed by atoms with van der Waals surface area (Å²) in [7, 11) is -1.28. The first-order valence-corrected chi connectivity index (χ1v) is 9.90. The van der Waals surface area contributed by atoms with Crippen LogP contribution in [0.3, 0.4) is 0 Å². The SMILES string of the molecule is C[Si](C)(C)CCOC(=O)C1CC(=O)C(=[N+]=[N-])C(=O)C1. The van der Waals surface area contributed by atoms with Gasteiger partial charge in [-0.25, -0.2) is 0 Å². The van der Waals surface area contributed by atoms with Crippen LogP contribution >= 0.6 is 0 Å². The van der Waals surface area contributed by atoms with Gasteiger partial charge in [-0.1, -0.05) is 19.6 Å². The molecule has 0 N–H and O–H groups in total. The molecule has 104 valence electrons. The minimum Gasteiger partial charge on any atom is -0.466 e. The van der Waals surface area contributed by atoms with Crippen LogP contribution in [-0.4, -0.2) is 42.7 Å². The Kier molecular flexibility index (Phi) is 4.91. The number of nitrogens with zero attached hydrogens (tertiary/aromatic N) is 2. The maximum Gasteiger partial charge on any atom is 0.400 e. The molecule has 0 radical (unpaired) electrons. The molecule has 6 nitrogen and oxygen atoms in total. The summed E-state index contributed by atoms with van der Waals surface area (Å²) in [6.07, 6.45) is -0.256. The monoisotopic (exact) mass is 282 g/mol. The molecule has 1 aliphatic carbocycles. The molecule has 0 unspecified atom stereocenters. The van der Waals surface area contributed by atoms with Gasteiger partial charge in [0.15, 0.2) is 0 Å². The standard InChI is InChI=1S/C12H18N2O4Si/c1-19(2,3)5-4-18-12(17)8-6-9(15)11(14-13)10(16)7-8/h8H,4-7H2,1-3H3. The van der Waals surface area contributed by atoms with Crippen LogP contribution in [0.5, 0.6) is 0 Å². The third kappa shape index (κ3) is 4.53. The molecule has 0 bridgehead atoms. The Bertz CT molecular complexity index is 441. The summed E-state index contributed by atoms with van der Waals surface area (Å²) in [5, 5.41) is 0. The van der Waals surface area contributed by atoms with Crippen molar-refractivity contribution in [3.63, 3.8) is 0 Å². The molecule has 0 aromatic rings. The molecule has 1 fully saturated rings. The third-order valence-corrected chi connectivity index (χ3v) is 4.63. The van der Waals surface area contributed by atoms with Crippen LogP contribution in [0.1, 0.15) is 12.8 Å². The Morgan fingerprint density at radius 1 is 1.32 bits per heavy atom. The smallest absolute Gasteiger partial charge is 0.400 e. The Hall–Kier alpha value is -1.59. The number of hydrogen-bond donors (Lipinski definition) is 0. The van der Waals surface area contributed by atoms with Gasteiger partial charge < -0.3 is 10.3 Å². The van der Waals surface area contributed by atoms with Gasteiger partial charge in [0.2, 0.25) is 11.6 Å². The van der Waals surface area contributed by atoms with E-state index in [-0.39, 0.29) is 12.8 Å². The van der Waals surface area contributed by atoms with E-state index in [4.69, 9.17) is 10.3 Å². The van der Waals surface area contributed by atoms with Gasteiger partial charge in [-0.2, -0.15) is 4.79 Å². The highest BCUT2D eigenvalue weighted by molar-refractivity contribution is 6.76. The average Bonchev–Trinajstić information content (AvgIpc) is 2.26. The van der Waals surface area contributed by atoms with Gasteiger partial charge in [0.05, 0.1) is 12.5 Å². The van der Waals surface area contributed by atoms with E-state index in [9.17, 15) is 14.4 Å². The second-order valence-corrected chi connectivity index (χ2v) is 11.5. The average molecular weight is 282 g/mol. The number of ketones is 2. The molecule has 0 saturated heterocycles. The van der Waals surface area contributed by atoms with Crippen molar-refractivity contribution in [1.82, 2.24) is 0 Å². The first kappa shape index (κ1) is 15.5. The largest absolute Gasteiger partial charge is 0.466 e. The number of hydrogen-bond acceptors (Lipinski definition) is 4. The topological polar surface area (TPSA) is 96.8 Å². The molecule has 1 rings (SSSR count). The van der Waals surface area contributed by atoms with Gasteiger partial charge in [-0.15, -0.1) is 0 Å². The van der Waals surface area contributed by atoms with E-state index in [2.05, 4.69) is 24.4 Å². The Morgan fingerprint density at radius 3 is 2.26 bits per heavy atom. The Balaban J connectivity index is 2.54. The van der Waals surface area contributed by atoms with E-state index in [0.717, 1.165) is 6.04 Å². The van der Waals surface area contributed by atoms with Crippen molar-refractivity contribution in [1.29, 1.82) is 0 Å². The minimum absolute atomic E-state index is 0.128. The highest BCUT2D eigenvalue weighted by Gasteiger charge is 2.41. The number of carbonyl (C=O) groups is 3. The molecular weight excluding hydrogens is 264 g/mol. The van der Waals surface area contributed by atoms with Crippen LogP contribution in [-0.2, 0) is 19.1 Å². The summed E-state index contributed by atoms with van der Waals surface area (Å²) in [6.45, 7) is 6.82. The summed E-state index contributed by atoms with van der Waals surface area (Å²) in [6, 6.07) is 0.844. The maximum atomic E-state index is 11.8. The number of ether oxygens (including phenoxy) is 1. The van der Waals surface area contributed by atoms with E-state index in [0.29, 0.717) is 6.61 Å². The van der Waals surface area contributed by atoms with E-state index in [1.807, 2.05) is 0 Å². The molecule has 0 aliphatic heterocycles. The molecule has 0 aromatic heterocycles. The van der Waals surface area contributed by atoms with E-state index in [1.165, 1.54) is 0 Å². The van der Waals surface area contributed by atoms with E-state index >= 15 is 0 Å². The van der Waals surface area contributed by atoms with Crippen LogP contribution < -0.4 is 0 Å². The second-order valence-electron chi connectivity index (χ2n) is 5.88.